The highest BCUT2D eigenvalue weighted by Gasteiger charge is 2.30. The van der Waals surface area contributed by atoms with E-state index in [2.05, 4.69) is 47.7 Å². The topological polar surface area (TPSA) is 62.7 Å². The van der Waals surface area contributed by atoms with E-state index in [9.17, 15) is 18.0 Å². The third kappa shape index (κ3) is 7.75. The van der Waals surface area contributed by atoms with Crippen molar-refractivity contribution < 1.29 is 22.7 Å². The van der Waals surface area contributed by atoms with Crippen LogP contribution >= 0.6 is 43.5 Å². The number of carbonyl (C=O) groups excluding carboxylic acids is 1. The lowest BCUT2D eigenvalue weighted by molar-refractivity contribution is -0.137. The molecule has 178 valence electrons. The van der Waals surface area contributed by atoms with Crippen molar-refractivity contribution in [2.45, 2.75) is 12.8 Å². The smallest absolute Gasteiger partial charge is 0.416 e. The van der Waals surface area contributed by atoms with Crippen LogP contribution in [0.2, 0.25) is 5.02 Å². The summed E-state index contributed by atoms with van der Waals surface area (Å²) in [6, 6.07) is 15.4. The number of alkyl halides is 3. The summed E-state index contributed by atoms with van der Waals surface area (Å²) in [5.41, 5.74) is 3.33. The Hall–Kier alpha value is -2.56. The Bertz CT molecular complexity index is 1170. The van der Waals surface area contributed by atoms with Crippen molar-refractivity contribution in [2.75, 3.05) is 11.9 Å². The molecule has 5 nitrogen and oxygen atoms in total. The van der Waals surface area contributed by atoms with Crippen LogP contribution in [0, 0.1) is 0 Å². The number of hydrazone groups is 1. The number of halogens is 6. The van der Waals surface area contributed by atoms with Crippen molar-refractivity contribution in [3.05, 3.63) is 91.3 Å². The summed E-state index contributed by atoms with van der Waals surface area (Å²) >= 11 is 12.8. The van der Waals surface area contributed by atoms with Crippen molar-refractivity contribution >= 4 is 61.3 Å². The summed E-state index contributed by atoms with van der Waals surface area (Å²) in [5.74, 6) is 0.0798. The molecule has 0 aromatic heterocycles. The van der Waals surface area contributed by atoms with E-state index in [0.717, 1.165) is 17.7 Å². The van der Waals surface area contributed by atoms with E-state index in [4.69, 9.17) is 16.3 Å². The molecule has 0 aliphatic rings. The second-order valence-corrected chi connectivity index (χ2v) is 9.10. The highest BCUT2D eigenvalue weighted by atomic mass is 79.9. The predicted molar refractivity (Wildman–Crippen MR) is 133 cm³/mol. The van der Waals surface area contributed by atoms with Crippen molar-refractivity contribution in [1.29, 1.82) is 0 Å². The van der Waals surface area contributed by atoms with Crippen LogP contribution in [-0.2, 0) is 17.6 Å². The number of nitrogens with zero attached hydrogens (tertiary/aromatic N) is 1. The van der Waals surface area contributed by atoms with Gasteiger partial charge < -0.3 is 10.1 Å². The minimum Gasteiger partial charge on any atom is -0.487 e. The van der Waals surface area contributed by atoms with E-state index in [1.807, 2.05) is 12.1 Å². The lowest BCUT2D eigenvalue weighted by Gasteiger charge is -2.11. The number of rotatable bonds is 8. The molecule has 3 aromatic rings. The van der Waals surface area contributed by atoms with Gasteiger partial charge in [-0.3, -0.25) is 4.79 Å². The monoisotopic (exact) mass is 617 g/mol. The number of anilines is 1. The van der Waals surface area contributed by atoms with E-state index < -0.39 is 17.6 Å². The first kappa shape index (κ1) is 26.1. The highest BCUT2D eigenvalue weighted by Crippen LogP contribution is 2.35. The van der Waals surface area contributed by atoms with Gasteiger partial charge in [-0.15, -0.1) is 0 Å². The van der Waals surface area contributed by atoms with Crippen LogP contribution in [-0.4, -0.2) is 18.7 Å². The van der Waals surface area contributed by atoms with Crippen molar-refractivity contribution in [3.63, 3.8) is 0 Å². The maximum atomic E-state index is 12.8. The molecule has 0 spiro atoms. The number of benzene rings is 3. The van der Waals surface area contributed by atoms with E-state index in [-0.39, 0.29) is 12.2 Å². The van der Waals surface area contributed by atoms with Crippen LogP contribution in [0.25, 0.3) is 0 Å². The Kier molecular flexibility index (Phi) is 8.98. The number of hydrogen-bond acceptors (Lipinski definition) is 4. The molecule has 0 atom stereocenters. The standard InChI is InChI=1S/C23H17Br2ClF3N3O2/c24-19-8-15(9-20(25)22(19)34-13-14-4-6-17(26)7-5-14)11-31-32-21(33)12-30-18-3-1-2-16(10-18)23(27,28)29/h1-11,30H,12-13H2,(H,32,33)/b31-11-. The number of amides is 1. The van der Waals surface area contributed by atoms with Gasteiger partial charge in [0.2, 0.25) is 0 Å². The molecule has 0 radical (unpaired) electrons. The third-order valence-electron chi connectivity index (χ3n) is 4.36. The van der Waals surface area contributed by atoms with Crippen molar-refractivity contribution in [3.8, 4) is 5.75 Å². The molecule has 1 amide bonds. The summed E-state index contributed by atoms with van der Waals surface area (Å²) in [4.78, 5) is 12.0. The van der Waals surface area contributed by atoms with Crippen molar-refractivity contribution in [1.82, 2.24) is 5.43 Å². The highest BCUT2D eigenvalue weighted by molar-refractivity contribution is 9.11. The number of ether oxygens (including phenoxy) is 1. The van der Waals surface area contributed by atoms with Gasteiger partial charge in [0.25, 0.3) is 5.91 Å². The first-order valence-corrected chi connectivity index (χ1v) is 11.7. The summed E-state index contributed by atoms with van der Waals surface area (Å²) in [6.07, 6.45) is -3.02. The molecule has 2 N–H and O–H groups in total. The minimum absolute atomic E-state index is 0.177. The van der Waals surface area contributed by atoms with E-state index in [1.165, 1.54) is 18.3 Å². The number of carbonyl (C=O) groups is 1. The van der Waals surface area contributed by atoms with Crippen LogP contribution in [0.4, 0.5) is 18.9 Å². The fourth-order valence-electron chi connectivity index (χ4n) is 2.73. The van der Waals surface area contributed by atoms with Gasteiger partial charge >= 0.3 is 6.18 Å². The van der Waals surface area contributed by atoms with Gasteiger partial charge in [-0.1, -0.05) is 29.8 Å². The number of nitrogens with one attached hydrogen (secondary N) is 2. The van der Waals surface area contributed by atoms with Gasteiger partial charge in [0.1, 0.15) is 12.4 Å². The zero-order valence-electron chi connectivity index (χ0n) is 17.3. The van der Waals surface area contributed by atoms with Crippen LogP contribution in [0.1, 0.15) is 16.7 Å². The molecule has 0 aliphatic heterocycles. The molecule has 11 heteroatoms. The van der Waals surface area contributed by atoms with Gasteiger partial charge in [-0.05, 0) is 85.5 Å². The fraction of sp³-hybridized carbons (Fsp3) is 0.130. The van der Waals surface area contributed by atoms with Crippen LogP contribution in [0.5, 0.6) is 5.75 Å². The molecule has 3 rings (SSSR count). The normalized spacial score (nSPS) is 11.5. The summed E-state index contributed by atoms with van der Waals surface area (Å²) in [6.45, 7) is 0.0975. The molecule has 0 saturated heterocycles. The summed E-state index contributed by atoms with van der Waals surface area (Å²) in [5, 5.41) is 7.17. The third-order valence-corrected chi connectivity index (χ3v) is 5.79. The Balaban J connectivity index is 1.53. The van der Waals surface area contributed by atoms with Crippen LogP contribution < -0.4 is 15.5 Å². The van der Waals surface area contributed by atoms with E-state index in [1.54, 1.807) is 24.3 Å². The maximum absolute atomic E-state index is 12.8. The molecule has 0 saturated carbocycles. The molecule has 0 bridgehead atoms. The van der Waals surface area contributed by atoms with Gasteiger partial charge in [-0.2, -0.15) is 18.3 Å². The molecule has 0 fully saturated rings. The van der Waals surface area contributed by atoms with Gasteiger partial charge in [0, 0.05) is 10.7 Å². The minimum atomic E-state index is -4.46. The summed E-state index contributed by atoms with van der Waals surface area (Å²) in [7, 11) is 0. The lowest BCUT2D eigenvalue weighted by atomic mass is 10.2. The quantitative estimate of drug-likeness (QED) is 0.210. The van der Waals surface area contributed by atoms with Gasteiger partial charge in [0.05, 0.1) is 27.3 Å². The fourth-order valence-corrected chi connectivity index (χ4v) is 4.31. The van der Waals surface area contributed by atoms with Crippen LogP contribution in [0.3, 0.4) is 0 Å². The summed E-state index contributed by atoms with van der Waals surface area (Å²) < 4.78 is 45.5. The molecular weight excluding hydrogens is 603 g/mol. The largest absolute Gasteiger partial charge is 0.487 e. The average Bonchev–Trinajstić information content (AvgIpc) is 2.78. The zero-order valence-corrected chi connectivity index (χ0v) is 21.2. The Morgan fingerprint density at radius 2 is 1.74 bits per heavy atom. The van der Waals surface area contributed by atoms with E-state index >= 15 is 0 Å². The average molecular weight is 620 g/mol. The lowest BCUT2D eigenvalue weighted by Crippen LogP contribution is -2.26. The molecule has 0 aliphatic carbocycles. The van der Waals surface area contributed by atoms with Gasteiger partial charge in [-0.25, -0.2) is 5.43 Å². The molecule has 0 heterocycles. The van der Waals surface area contributed by atoms with E-state index in [0.29, 0.717) is 31.9 Å². The Morgan fingerprint density at radius 3 is 2.38 bits per heavy atom. The first-order valence-electron chi connectivity index (χ1n) is 9.71. The number of hydrogen-bond donors (Lipinski definition) is 2. The predicted octanol–water partition coefficient (Wildman–Crippen LogP) is 7.03. The Morgan fingerprint density at radius 1 is 1.06 bits per heavy atom. The first-order chi connectivity index (χ1) is 16.1. The SMILES string of the molecule is O=C(CNc1cccc(C(F)(F)F)c1)N/N=C\c1cc(Br)c(OCc2ccc(Cl)cc2)c(Br)c1. The molecule has 0 unspecified atom stereocenters. The Labute approximate surface area is 215 Å². The van der Waals surface area contributed by atoms with Crippen LogP contribution in [0.15, 0.2) is 74.7 Å². The second kappa shape index (κ2) is 11.7. The molecule has 3 aromatic carbocycles. The van der Waals surface area contributed by atoms with Crippen molar-refractivity contribution in [2.24, 2.45) is 5.10 Å². The second-order valence-electron chi connectivity index (χ2n) is 6.95. The molecule has 34 heavy (non-hydrogen) atoms. The maximum Gasteiger partial charge on any atom is 0.416 e. The van der Waals surface area contributed by atoms with Gasteiger partial charge in [0.15, 0.2) is 0 Å². The molecular formula is C23H17Br2ClF3N3O2. The zero-order chi connectivity index (χ0) is 24.7.